The first kappa shape index (κ1) is 13.1. The number of nitro benzene ring substituents is 1. The van der Waals surface area contributed by atoms with Gasteiger partial charge in [-0.2, -0.15) is 0 Å². The van der Waals surface area contributed by atoms with Gasteiger partial charge >= 0.3 is 5.97 Å². The van der Waals surface area contributed by atoms with E-state index in [0.717, 1.165) is 12.1 Å². The fourth-order valence-electron chi connectivity index (χ4n) is 1.20. The number of ether oxygens (including phenoxy) is 1. The van der Waals surface area contributed by atoms with Crippen molar-refractivity contribution in [3.8, 4) is 0 Å². The molecule has 0 aromatic heterocycles. The molecule has 0 saturated carbocycles. The summed E-state index contributed by atoms with van der Waals surface area (Å²) in [6.45, 7) is 4.78. The molecule has 6 heteroatoms. The van der Waals surface area contributed by atoms with Crippen LogP contribution in [-0.2, 0) is 4.74 Å². The summed E-state index contributed by atoms with van der Waals surface area (Å²) < 4.78 is 18.3. The Morgan fingerprint density at radius 2 is 2.00 bits per heavy atom. The third-order valence-electron chi connectivity index (χ3n) is 1.79. The van der Waals surface area contributed by atoms with Gasteiger partial charge in [0.25, 0.3) is 5.69 Å². The third kappa shape index (κ3) is 3.24. The number of hydrogen-bond acceptors (Lipinski definition) is 4. The Labute approximate surface area is 97.3 Å². The second kappa shape index (κ2) is 4.48. The summed E-state index contributed by atoms with van der Waals surface area (Å²) in [6, 6.07) is 3.20. The molecule has 1 aromatic rings. The van der Waals surface area contributed by atoms with E-state index >= 15 is 0 Å². The minimum Gasteiger partial charge on any atom is -0.456 e. The van der Waals surface area contributed by atoms with Crippen molar-refractivity contribution >= 4 is 11.7 Å². The van der Waals surface area contributed by atoms with Crippen LogP contribution in [0.15, 0.2) is 18.2 Å². The van der Waals surface area contributed by atoms with Gasteiger partial charge < -0.3 is 4.74 Å². The monoisotopic (exact) mass is 241 g/mol. The normalized spacial score (nSPS) is 11.1. The third-order valence-corrected chi connectivity index (χ3v) is 1.79. The van der Waals surface area contributed by atoms with Crippen LogP contribution in [0.1, 0.15) is 31.1 Å². The predicted molar refractivity (Wildman–Crippen MR) is 58.2 cm³/mol. The van der Waals surface area contributed by atoms with E-state index in [1.807, 2.05) is 0 Å². The number of esters is 1. The number of carbonyl (C=O) groups is 1. The molecular weight excluding hydrogens is 229 g/mol. The molecule has 0 spiro atoms. The van der Waals surface area contributed by atoms with Crippen molar-refractivity contribution in [2.24, 2.45) is 0 Å². The number of nitro groups is 1. The Hall–Kier alpha value is -1.98. The Bertz CT molecular complexity index is 465. The molecule has 0 heterocycles. The van der Waals surface area contributed by atoms with E-state index in [-0.39, 0.29) is 0 Å². The van der Waals surface area contributed by atoms with Crippen LogP contribution in [0.5, 0.6) is 0 Å². The van der Waals surface area contributed by atoms with Gasteiger partial charge in [-0.15, -0.1) is 0 Å². The minimum absolute atomic E-state index is 0.598. The highest BCUT2D eigenvalue weighted by atomic mass is 19.1. The van der Waals surface area contributed by atoms with E-state index in [9.17, 15) is 19.3 Å². The molecule has 92 valence electrons. The average molecular weight is 241 g/mol. The highest BCUT2D eigenvalue weighted by Gasteiger charge is 2.28. The Morgan fingerprint density at radius 3 is 2.47 bits per heavy atom. The summed E-state index contributed by atoms with van der Waals surface area (Å²) in [7, 11) is 0. The number of benzene rings is 1. The smallest absolute Gasteiger partial charge is 0.348 e. The largest absolute Gasteiger partial charge is 0.456 e. The van der Waals surface area contributed by atoms with E-state index in [2.05, 4.69) is 0 Å². The van der Waals surface area contributed by atoms with E-state index in [4.69, 9.17) is 4.74 Å². The van der Waals surface area contributed by atoms with Crippen molar-refractivity contribution in [2.45, 2.75) is 26.4 Å². The van der Waals surface area contributed by atoms with Crippen molar-refractivity contribution in [3.63, 3.8) is 0 Å². The standard InChI is InChI=1S/C11H12FNO4/c1-11(2,3)17-10(14)9-7(12)5-4-6-8(9)13(15)16/h4-6H,1-3H3. The molecule has 1 rings (SSSR count). The summed E-state index contributed by atoms with van der Waals surface area (Å²) in [5.41, 5.74) is -2.08. The summed E-state index contributed by atoms with van der Waals surface area (Å²) in [5.74, 6) is -2.00. The lowest BCUT2D eigenvalue weighted by molar-refractivity contribution is -0.385. The maximum absolute atomic E-state index is 13.4. The lowest BCUT2D eigenvalue weighted by Gasteiger charge is -2.19. The lowest BCUT2D eigenvalue weighted by Crippen LogP contribution is -2.25. The molecule has 0 saturated heterocycles. The fraction of sp³-hybridized carbons (Fsp3) is 0.364. The average Bonchev–Trinajstić information content (AvgIpc) is 2.13. The molecule has 1 aromatic carbocycles. The van der Waals surface area contributed by atoms with Crippen LogP contribution in [0.2, 0.25) is 0 Å². The van der Waals surface area contributed by atoms with Gasteiger partial charge in [0, 0.05) is 6.07 Å². The van der Waals surface area contributed by atoms with Gasteiger partial charge in [-0.3, -0.25) is 10.1 Å². The van der Waals surface area contributed by atoms with Crippen molar-refractivity contribution < 1.29 is 18.8 Å². The number of nitrogens with zero attached hydrogens (tertiary/aromatic N) is 1. The van der Waals surface area contributed by atoms with Crippen LogP contribution in [0.25, 0.3) is 0 Å². The van der Waals surface area contributed by atoms with Crippen LogP contribution in [0.3, 0.4) is 0 Å². The van der Waals surface area contributed by atoms with Gasteiger partial charge in [0.05, 0.1) is 4.92 Å². The van der Waals surface area contributed by atoms with Crippen molar-refractivity contribution in [3.05, 3.63) is 39.7 Å². The predicted octanol–water partition coefficient (Wildman–Crippen LogP) is 2.69. The van der Waals surface area contributed by atoms with Crippen molar-refractivity contribution in [2.75, 3.05) is 0 Å². The van der Waals surface area contributed by atoms with Gasteiger partial charge in [-0.1, -0.05) is 6.07 Å². The first-order valence-electron chi connectivity index (χ1n) is 4.88. The molecule has 0 amide bonds. The molecule has 5 nitrogen and oxygen atoms in total. The van der Waals surface area contributed by atoms with E-state index in [1.54, 1.807) is 20.8 Å². The van der Waals surface area contributed by atoms with E-state index < -0.39 is 33.6 Å². The van der Waals surface area contributed by atoms with Crippen LogP contribution < -0.4 is 0 Å². The molecule has 0 N–H and O–H groups in total. The molecule has 0 unspecified atom stereocenters. The zero-order valence-electron chi connectivity index (χ0n) is 9.69. The summed E-state index contributed by atoms with van der Waals surface area (Å²) in [5, 5.41) is 10.7. The van der Waals surface area contributed by atoms with Crippen LogP contribution >= 0.6 is 0 Å². The topological polar surface area (TPSA) is 69.4 Å². The minimum atomic E-state index is -1.04. The molecule has 0 atom stereocenters. The zero-order chi connectivity index (χ0) is 13.2. The Morgan fingerprint density at radius 1 is 1.41 bits per heavy atom. The molecule has 0 bridgehead atoms. The van der Waals surface area contributed by atoms with Crippen LogP contribution in [-0.4, -0.2) is 16.5 Å². The molecule has 0 fully saturated rings. The number of halogens is 1. The fourth-order valence-corrected chi connectivity index (χ4v) is 1.20. The summed E-state index contributed by atoms with van der Waals surface area (Å²) >= 11 is 0. The molecule has 0 aliphatic carbocycles. The van der Waals surface area contributed by atoms with E-state index in [1.165, 1.54) is 6.07 Å². The van der Waals surface area contributed by atoms with Gasteiger partial charge in [0.2, 0.25) is 0 Å². The molecule has 0 aliphatic rings. The Kier molecular flexibility index (Phi) is 3.45. The van der Waals surface area contributed by atoms with Crippen LogP contribution in [0.4, 0.5) is 10.1 Å². The molecular formula is C11H12FNO4. The molecule has 0 radical (unpaired) electrons. The second-order valence-corrected chi connectivity index (χ2v) is 4.39. The quantitative estimate of drug-likeness (QED) is 0.453. The zero-order valence-corrected chi connectivity index (χ0v) is 9.69. The van der Waals surface area contributed by atoms with Crippen molar-refractivity contribution in [1.82, 2.24) is 0 Å². The number of hydrogen-bond donors (Lipinski definition) is 0. The SMILES string of the molecule is CC(C)(C)OC(=O)c1c(F)cccc1[N+](=O)[O-]. The number of rotatable bonds is 2. The van der Waals surface area contributed by atoms with E-state index in [0.29, 0.717) is 0 Å². The maximum Gasteiger partial charge on any atom is 0.348 e. The molecule has 17 heavy (non-hydrogen) atoms. The maximum atomic E-state index is 13.4. The highest BCUT2D eigenvalue weighted by molar-refractivity contribution is 5.94. The van der Waals surface area contributed by atoms with Gasteiger partial charge in [-0.25, -0.2) is 9.18 Å². The highest BCUT2D eigenvalue weighted by Crippen LogP contribution is 2.24. The first-order chi connectivity index (χ1) is 7.72. The second-order valence-electron chi connectivity index (χ2n) is 4.39. The Balaban J connectivity index is 3.21. The first-order valence-corrected chi connectivity index (χ1v) is 4.88. The van der Waals surface area contributed by atoms with Gasteiger partial charge in [0.1, 0.15) is 11.4 Å². The molecule has 0 aliphatic heterocycles. The van der Waals surface area contributed by atoms with Crippen molar-refractivity contribution in [1.29, 1.82) is 0 Å². The van der Waals surface area contributed by atoms with Gasteiger partial charge in [0.15, 0.2) is 5.56 Å². The summed E-state index contributed by atoms with van der Waals surface area (Å²) in [4.78, 5) is 21.5. The lowest BCUT2D eigenvalue weighted by atomic mass is 10.1. The number of carbonyl (C=O) groups excluding carboxylic acids is 1. The van der Waals surface area contributed by atoms with Gasteiger partial charge in [-0.05, 0) is 26.8 Å². The summed E-state index contributed by atoms with van der Waals surface area (Å²) in [6.07, 6.45) is 0. The van der Waals surface area contributed by atoms with Crippen LogP contribution in [0, 0.1) is 15.9 Å².